The van der Waals surface area contributed by atoms with Crippen LogP contribution < -0.4 is 16.3 Å². The predicted octanol–water partition coefficient (Wildman–Crippen LogP) is 2.14. The number of para-hydroxylation sites is 1. The van der Waals surface area contributed by atoms with Crippen molar-refractivity contribution in [2.45, 2.75) is 0 Å². The number of amides is 2. The van der Waals surface area contributed by atoms with E-state index in [9.17, 15) is 14.4 Å². The molecule has 0 saturated heterocycles. The fourth-order valence-electron chi connectivity index (χ4n) is 2.60. The number of anilines is 1. The second kappa shape index (κ2) is 8.45. The first-order valence-corrected chi connectivity index (χ1v) is 9.57. The summed E-state index contributed by atoms with van der Waals surface area (Å²) in [5.74, 6) is -1.95. The summed E-state index contributed by atoms with van der Waals surface area (Å²) in [6, 6.07) is 18.2. The minimum absolute atomic E-state index is 0.184. The maximum Gasteiger partial charge on any atom is 0.329 e. The lowest BCUT2D eigenvalue weighted by atomic mass is 10.2. The summed E-state index contributed by atoms with van der Waals surface area (Å²) < 4.78 is 0. The number of hydrogen-bond donors (Lipinski definition) is 3. The van der Waals surface area contributed by atoms with Crippen LogP contribution in [0.1, 0.15) is 5.56 Å². The normalized spacial score (nSPS) is 10.9. The Hall–Kier alpha value is -4.18. The highest BCUT2D eigenvalue weighted by atomic mass is 32.1. The van der Waals surface area contributed by atoms with Gasteiger partial charge in [-0.2, -0.15) is 5.10 Å². The lowest BCUT2D eigenvalue weighted by Crippen LogP contribution is -2.32. The molecule has 0 radical (unpaired) electrons. The Kier molecular flexibility index (Phi) is 5.39. The number of hydrogen-bond acceptors (Lipinski definition) is 7. The summed E-state index contributed by atoms with van der Waals surface area (Å²) in [7, 11) is 0. The molecule has 0 aliphatic heterocycles. The van der Waals surface area contributed by atoms with Gasteiger partial charge in [-0.15, -0.1) is 10.2 Å². The van der Waals surface area contributed by atoms with Crippen LogP contribution in [0, 0.1) is 0 Å². The number of carbonyl (C=O) groups is 2. The molecule has 0 spiro atoms. The van der Waals surface area contributed by atoms with E-state index in [2.05, 4.69) is 31.0 Å². The fraction of sp³-hybridized carbons (Fsp3) is 0. The molecule has 2 amide bonds. The minimum atomic E-state index is -1.00. The second-order valence-electron chi connectivity index (χ2n) is 6.07. The molecule has 9 nitrogen and oxygen atoms in total. The zero-order chi connectivity index (χ0) is 20.9. The van der Waals surface area contributed by atoms with Crippen LogP contribution in [0.2, 0.25) is 0 Å². The first-order valence-electron chi connectivity index (χ1n) is 8.75. The zero-order valence-electron chi connectivity index (χ0n) is 15.3. The Bertz CT molecular complexity index is 1310. The highest BCUT2D eigenvalue weighted by Gasteiger charge is 2.16. The molecule has 0 atom stereocenters. The molecule has 0 fully saturated rings. The van der Waals surface area contributed by atoms with Crippen molar-refractivity contribution in [3.8, 4) is 10.6 Å². The van der Waals surface area contributed by atoms with E-state index in [0.29, 0.717) is 10.5 Å². The zero-order valence-corrected chi connectivity index (χ0v) is 16.1. The van der Waals surface area contributed by atoms with Gasteiger partial charge in [-0.3, -0.25) is 19.7 Å². The third-order valence-electron chi connectivity index (χ3n) is 4.02. The number of aromatic amines is 1. The SMILES string of the molecule is O=C(NN=Cc1cc2ccccc2[nH]c1=O)C(=O)Nc1nnc(-c2ccccc2)s1. The van der Waals surface area contributed by atoms with Gasteiger partial charge >= 0.3 is 11.8 Å². The van der Waals surface area contributed by atoms with E-state index in [0.717, 1.165) is 22.3 Å². The Morgan fingerprint density at radius 2 is 1.77 bits per heavy atom. The van der Waals surface area contributed by atoms with E-state index in [4.69, 9.17) is 0 Å². The standard InChI is InChI=1S/C20H14N6O3S/c27-16-14(10-13-8-4-5-9-15(13)22-16)11-21-24-18(29)17(28)23-20-26-25-19(30-20)12-6-2-1-3-7-12/h1-11H,(H,22,27)(H,24,29)(H,23,26,28). The molecular weight excluding hydrogens is 404 g/mol. The van der Waals surface area contributed by atoms with Crippen molar-refractivity contribution in [2.75, 3.05) is 5.32 Å². The molecule has 0 saturated carbocycles. The van der Waals surface area contributed by atoms with Crippen LogP contribution in [0.5, 0.6) is 0 Å². The number of hydrazone groups is 1. The Balaban J connectivity index is 1.38. The number of H-pyrrole nitrogens is 1. The van der Waals surface area contributed by atoms with Crippen molar-refractivity contribution in [1.82, 2.24) is 20.6 Å². The van der Waals surface area contributed by atoms with Crippen LogP contribution in [-0.4, -0.2) is 33.2 Å². The van der Waals surface area contributed by atoms with Crippen molar-refractivity contribution >= 4 is 45.4 Å². The van der Waals surface area contributed by atoms with Crippen LogP contribution in [0.25, 0.3) is 21.5 Å². The summed E-state index contributed by atoms with van der Waals surface area (Å²) in [6.45, 7) is 0. The lowest BCUT2D eigenvalue weighted by Gasteiger charge is -2.00. The van der Waals surface area contributed by atoms with Gasteiger partial charge in [-0.1, -0.05) is 59.9 Å². The van der Waals surface area contributed by atoms with Crippen molar-refractivity contribution in [1.29, 1.82) is 0 Å². The molecule has 10 heteroatoms. The average Bonchev–Trinajstić information content (AvgIpc) is 3.23. The van der Waals surface area contributed by atoms with Crippen LogP contribution in [-0.2, 0) is 9.59 Å². The molecule has 2 aromatic heterocycles. The van der Waals surface area contributed by atoms with Crippen LogP contribution in [0.15, 0.2) is 70.6 Å². The van der Waals surface area contributed by atoms with E-state index < -0.39 is 11.8 Å². The van der Waals surface area contributed by atoms with Gasteiger partial charge in [0.15, 0.2) is 0 Å². The molecular formula is C20H14N6O3S. The molecule has 0 aliphatic carbocycles. The average molecular weight is 418 g/mol. The number of benzene rings is 2. The lowest BCUT2D eigenvalue weighted by molar-refractivity contribution is -0.136. The quantitative estimate of drug-likeness (QED) is 0.266. The van der Waals surface area contributed by atoms with Crippen molar-refractivity contribution in [3.63, 3.8) is 0 Å². The van der Waals surface area contributed by atoms with Gasteiger partial charge in [-0.25, -0.2) is 5.43 Å². The molecule has 4 aromatic rings. The smallest absolute Gasteiger partial charge is 0.321 e. The molecule has 148 valence electrons. The molecule has 4 rings (SSSR count). The first-order chi connectivity index (χ1) is 14.6. The van der Waals surface area contributed by atoms with Gasteiger partial charge in [0.05, 0.1) is 11.8 Å². The third kappa shape index (κ3) is 4.28. The second-order valence-corrected chi connectivity index (χ2v) is 7.05. The Morgan fingerprint density at radius 1 is 1.00 bits per heavy atom. The maximum atomic E-state index is 12.1. The molecule has 2 aromatic carbocycles. The van der Waals surface area contributed by atoms with E-state index >= 15 is 0 Å². The van der Waals surface area contributed by atoms with Gasteiger partial charge in [0.2, 0.25) is 5.13 Å². The maximum absolute atomic E-state index is 12.1. The summed E-state index contributed by atoms with van der Waals surface area (Å²) in [5, 5.41) is 15.5. The van der Waals surface area contributed by atoms with Crippen molar-refractivity contribution < 1.29 is 9.59 Å². The highest BCUT2D eigenvalue weighted by molar-refractivity contribution is 7.18. The fourth-order valence-corrected chi connectivity index (χ4v) is 3.34. The number of aromatic nitrogens is 3. The molecule has 30 heavy (non-hydrogen) atoms. The Labute approximate surface area is 173 Å². The molecule has 0 unspecified atom stereocenters. The van der Waals surface area contributed by atoms with Gasteiger partial charge in [0.1, 0.15) is 5.01 Å². The van der Waals surface area contributed by atoms with Crippen molar-refractivity contribution in [3.05, 3.63) is 76.6 Å². The summed E-state index contributed by atoms with van der Waals surface area (Å²) in [4.78, 5) is 38.7. The number of fused-ring (bicyclic) bond motifs is 1. The molecule has 3 N–H and O–H groups in total. The Morgan fingerprint density at radius 3 is 2.60 bits per heavy atom. The van der Waals surface area contributed by atoms with Gasteiger partial charge < -0.3 is 4.98 Å². The minimum Gasteiger partial charge on any atom is -0.321 e. The summed E-state index contributed by atoms with van der Waals surface area (Å²) >= 11 is 1.14. The molecule has 0 bridgehead atoms. The van der Waals surface area contributed by atoms with Crippen LogP contribution in [0.3, 0.4) is 0 Å². The van der Waals surface area contributed by atoms with Crippen LogP contribution in [0.4, 0.5) is 5.13 Å². The van der Waals surface area contributed by atoms with E-state index in [1.165, 1.54) is 6.21 Å². The number of pyridine rings is 1. The highest BCUT2D eigenvalue weighted by Crippen LogP contribution is 2.25. The largest absolute Gasteiger partial charge is 0.329 e. The third-order valence-corrected chi connectivity index (χ3v) is 4.91. The van der Waals surface area contributed by atoms with E-state index in [1.54, 1.807) is 12.1 Å². The van der Waals surface area contributed by atoms with Gasteiger partial charge in [-0.05, 0) is 17.5 Å². The van der Waals surface area contributed by atoms with Crippen LogP contribution >= 0.6 is 11.3 Å². The molecule has 0 aliphatic rings. The van der Waals surface area contributed by atoms with Gasteiger partial charge in [0.25, 0.3) is 5.56 Å². The van der Waals surface area contributed by atoms with E-state index in [-0.39, 0.29) is 16.3 Å². The number of nitrogens with zero attached hydrogens (tertiary/aromatic N) is 3. The molecule has 2 heterocycles. The number of rotatable bonds is 4. The topological polar surface area (TPSA) is 129 Å². The number of nitrogens with one attached hydrogen (secondary N) is 3. The van der Waals surface area contributed by atoms with E-state index in [1.807, 2.05) is 48.5 Å². The summed E-state index contributed by atoms with van der Waals surface area (Å²) in [6.07, 6.45) is 1.18. The number of carbonyl (C=O) groups excluding carboxylic acids is 2. The monoisotopic (exact) mass is 418 g/mol. The summed E-state index contributed by atoms with van der Waals surface area (Å²) in [5.41, 5.74) is 3.51. The predicted molar refractivity (Wildman–Crippen MR) is 114 cm³/mol. The van der Waals surface area contributed by atoms with Crippen molar-refractivity contribution in [2.24, 2.45) is 5.10 Å². The van der Waals surface area contributed by atoms with Gasteiger partial charge in [0, 0.05) is 11.1 Å². The first kappa shape index (κ1) is 19.2.